The molecule has 1 atom stereocenters. The Labute approximate surface area is 113 Å². The van der Waals surface area contributed by atoms with Crippen LogP contribution in [0.3, 0.4) is 0 Å². The molecule has 0 saturated carbocycles. The number of ether oxygens (including phenoxy) is 1. The number of methoxy groups -OCH3 is 1. The number of carbonyl (C=O) groups excluding carboxylic acids is 1. The first kappa shape index (κ1) is 13.0. The monoisotopic (exact) mass is 292 g/mol. The number of nitrogens with zero attached hydrogens (tertiary/aromatic N) is 2. The summed E-state index contributed by atoms with van der Waals surface area (Å²) in [6.07, 6.45) is 1.14. The highest BCUT2D eigenvalue weighted by atomic mass is 35.5. The van der Waals surface area contributed by atoms with E-state index in [1.54, 1.807) is 0 Å². The molecule has 17 heavy (non-hydrogen) atoms. The van der Waals surface area contributed by atoms with Gasteiger partial charge in [-0.1, -0.05) is 22.9 Å². The zero-order valence-electron chi connectivity index (χ0n) is 9.60. The zero-order chi connectivity index (χ0) is 12.4. The van der Waals surface area contributed by atoms with Crippen LogP contribution < -0.4 is 4.90 Å². The van der Waals surface area contributed by atoms with Crippen molar-refractivity contribution in [2.24, 2.45) is 0 Å². The van der Waals surface area contributed by atoms with Gasteiger partial charge >= 0.3 is 5.97 Å². The molecule has 1 aliphatic rings. The molecule has 2 heterocycles. The molecule has 1 aliphatic heterocycles. The Bertz CT molecular complexity index is 418. The Morgan fingerprint density at radius 3 is 3.00 bits per heavy atom. The quantitative estimate of drug-likeness (QED) is 0.801. The fraction of sp³-hybridized carbons (Fsp3) is 0.600. The fourth-order valence-corrected chi connectivity index (χ4v) is 4.14. The molecule has 0 bridgehead atoms. The lowest BCUT2D eigenvalue weighted by atomic mass is 10.2. The van der Waals surface area contributed by atoms with Crippen LogP contribution in [0.4, 0.5) is 5.13 Å². The maximum absolute atomic E-state index is 11.4. The standard InChI is InChI=1S/C10H13ClN2O2S2/c1-13(6-3-4-16-5-6)10-12-8(11)7(17-10)9(14)15-2/h6H,3-5H2,1-2H3. The Balaban J connectivity index is 2.18. The maximum atomic E-state index is 11.4. The van der Waals surface area contributed by atoms with Gasteiger partial charge in [-0.25, -0.2) is 9.78 Å². The van der Waals surface area contributed by atoms with Crippen LogP contribution in [0.5, 0.6) is 0 Å². The highest BCUT2D eigenvalue weighted by Gasteiger charge is 2.25. The first-order valence-electron chi connectivity index (χ1n) is 5.18. The van der Waals surface area contributed by atoms with Crippen molar-refractivity contribution in [2.45, 2.75) is 12.5 Å². The second-order valence-corrected chi connectivity index (χ2v) is 6.22. The van der Waals surface area contributed by atoms with Gasteiger partial charge in [-0.05, 0) is 12.2 Å². The molecule has 0 spiro atoms. The van der Waals surface area contributed by atoms with Gasteiger partial charge in [-0.15, -0.1) is 0 Å². The van der Waals surface area contributed by atoms with Crippen LogP contribution in [-0.4, -0.2) is 42.7 Å². The molecule has 2 rings (SSSR count). The summed E-state index contributed by atoms with van der Waals surface area (Å²) < 4.78 is 4.66. The van der Waals surface area contributed by atoms with Gasteiger partial charge < -0.3 is 9.64 Å². The van der Waals surface area contributed by atoms with E-state index in [4.69, 9.17) is 11.6 Å². The van der Waals surface area contributed by atoms with Crippen LogP contribution in [0.2, 0.25) is 5.15 Å². The number of halogens is 1. The number of hydrogen-bond acceptors (Lipinski definition) is 6. The van der Waals surface area contributed by atoms with E-state index >= 15 is 0 Å². The van der Waals surface area contributed by atoms with E-state index in [0.717, 1.165) is 17.3 Å². The Hall–Kier alpha value is -0.460. The van der Waals surface area contributed by atoms with Gasteiger partial charge in [0.25, 0.3) is 0 Å². The van der Waals surface area contributed by atoms with Gasteiger partial charge in [-0.3, -0.25) is 0 Å². The number of rotatable bonds is 3. The summed E-state index contributed by atoms with van der Waals surface area (Å²) in [5.41, 5.74) is 0. The van der Waals surface area contributed by atoms with Crippen molar-refractivity contribution in [3.05, 3.63) is 10.0 Å². The molecule has 7 heteroatoms. The van der Waals surface area contributed by atoms with Crippen LogP contribution in [0, 0.1) is 0 Å². The van der Waals surface area contributed by atoms with E-state index in [9.17, 15) is 4.79 Å². The van der Waals surface area contributed by atoms with Gasteiger partial charge in [-0.2, -0.15) is 11.8 Å². The molecule has 0 aromatic carbocycles. The van der Waals surface area contributed by atoms with E-state index in [0.29, 0.717) is 10.9 Å². The number of aromatic nitrogens is 1. The summed E-state index contributed by atoms with van der Waals surface area (Å²) in [6, 6.07) is 0.479. The molecular formula is C10H13ClN2O2S2. The number of thiazole rings is 1. The molecule has 0 aliphatic carbocycles. The summed E-state index contributed by atoms with van der Waals surface area (Å²) >= 11 is 9.16. The van der Waals surface area contributed by atoms with Crippen molar-refractivity contribution in [1.82, 2.24) is 4.98 Å². The van der Waals surface area contributed by atoms with Crippen molar-refractivity contribution in [2.75, 3.05) is 30.6 Å². The van der Waals surface area contributed by atoms with Gasteiger partial charge in [0.15, 0.2) is 15.2 Å². The van der Waals surface area contributed by atoms with E-state index in [1.807, 2.05) is 18.8 Å². The van der Waals surface area contributed by atoms with Crippen LogP contribution in [0.25, 0.3) is 0 Å². The minimum atomic E-state index is -0.423. The molecule has 1 aromatic rings. The van der Waals surface area contributed by atoms with E-state index < -0.39 is 5.97 Å². The average molecular weight is 293 g/mol. The van der Waals surface area contributed by atoms with Gasteiger partial charge in [0.05, 0.1) is 7.11 Å². The Morgan fingerprint density at radius 2 is 2.41 bits per heavy atom. The average Bonchev–Trinajstić information content (AvgIpc) is 2.96. The normalized spacial score (nSPS) is 19.4. The van der Waals surface area contributed by atoms with E-state index in [1.165, 1.54) is 24.2 Å². The highest BCUT2D eigenvalue weighted by Crippen LogP contribution is 2.33. The third-order valence-electron chi connectivity index (χ3n) is 2.70. The first-order valence-corrected chi connectivity index (χ1v) is 7.53. The topological polar surface area (TPSA) is 42.4 Å². The largest absolute Gasteiger partial charge is 0.465 e. The zero-order valence-corrected chi connectivity index (χ0v) is 12.0. The van der Waals surface area contributed by atoms with Crippen molar-refractivity contribution >= 4 is 45.8 Å². The van der Waals surface area contributed by atoms with Crippen molar-refractivity contribution in [3.63, 3.8) is 0 Å². The number of thioether (sulfide) groups is 1. The number of anilines is 1. The third kappa shape index (κ3) is 2.69. The molecule has 0 radical (unpaired) electrons. The molecule has 0 amide bonds. The predicted octanol–water partition coefficient (Wildman–Crippen LogP) is 2.52. The third-order valence-corrected chi connectivity index (χ3v) is 5.36. The second-order valence-electron chi connectivity index (χ2n) is 3.74. The van der Waals surface area contributed by atoms with Gasteiger partial charge in [0, 0.05) is 18.8 Å². The van der Waals surface area contributed by atoms with E-state index in [-0.39, 0.29) is 5.15 Å². The minimum absolute atomic E-state index is 0.231. The molecule has 1 aromatic heterocycles. The lowest BCUT2D eigenvalue weighted by molar-refractivity contribution is 0.0606. The first-order chi connectivity index (χ1) is 8.13. The van der Waals surface area contributed by atoms with E-state index in [2.05, 4.69) is 14.6 Å². The summed E-state index contributed by atoms with van der Waals surface area (Å²) in [5, 5.41) is 1.01. The van der Waals surface area contributed by atoms with Gasteiger partial charge in [0.2, 0.25) is 0 Å². The summed E-state index contributed by atoms with van der Waals surface area (Å²) in [5.74, 6) is 1.85. The maximum Gasteiger partial charge on any atom is 0.351 e. The lowest BCUT2D eigenvalue weighted by Gasteiger charge is -2.22. The molecule has 94 valence electrons. The van der Waals surface area contributed by atoms with Crippen molar-refractivity contribution < 1.29 is 9.53 Å². The van der Waals surface area contributed by atoms with Crippen LogP contribution in [-0.2, 0) is 4.74 Å². The van der Waals surface area contributed by atoms with Crippen molar-refractivity contribution in [1.29, 1.82) is 0 Å². The summed E-state index contributed by atoms with van der Waals surface area (Å²) in [6.45, 7) is 0. The summed E-state index contributed by atoms with van der Waals surface area (Å²) in [7, 11) is 3.34. The van der Waals surface area contributed by atoms with Crippen LogP contribution in [0.1, 0.15) is 16.1 Å². The Kier molecular flexibility index (Phi) is 4.17. The number of esters is 1. The lowest BCUT2D eigenvalue weighted by Crippen LogP contribution is -2.31. The summed E-state index contributed by atoms with van der Waals surface area (Å²) in [4.78, 5) is 18.1. The number of carbonyl (C=O) groups is 1. The molecule has 0 N–H and O–H groups in total. The minimum Gasteiger partial charge on any atom is -0.465 e. The SMILES string of the molecule is COC(=O)c1sc(N(C)C2CCSC2)nc1Cl. The molecule has 1 unspecified atom stereocenters. The van der Waals surface area contributed by atoms with Crippen LogP contribution >= 0.6 is 34.7 Å². The molecular weight excluding hydrogens is 280 g/mol. The van der Waals surface area contributed by atoms with Crippen molar-refractivity contribution in [3.8, 4) is 0 Å². The smallest absolute Gasteiger partial charge is 0.351 e. The molecule has 1 saturated heterocycles. The second kappa shape index (κ2) is 5.46. The number of hydrogen-bond donors (Lipinski definition) is 0. The fourth-order valence-electron chi connectivity index (χ4n) is 1.64. The highest BCUT2D eigenvalue weighted by molar-refractivity contribution is 7.99. The molecule has 1 fully saturated rings. The molecule has 4 nitrogen and oxygen atoms in total. The Morgan fingerprint density at radius 1 is 1.65 bits per heavy atom. The van der Waals surface area contributed by atoms with Crippen LogP contribution in [0.15, 0.2) is 0 Å². The predicted molar refractivity (Wildman–Crippen MR) is 72.6 cm³/mol. The van der Waals surface area contributed by atoms with Gasteiger partial charge in [0.1, 0.15) is 0 Å².